The maximum absolute atomic E-state index is 5.96. The Morgan fingerprint density at radius 2 is 1.12 bits per heavy atom. The molecule has 2 rings (SSSR count). The predicted octanol–water partition coefficient (Wildman–Crippen LogP) is 4.66. The first kappa shape index (κ1) is 12.4. The number of hydrogen-bond acceptors (Lipinski definition) is 1. The van der Waals surface area contributed by atoms with E-state index in [0.29, 0.717) is 0 Å². The second-order valence-electron chi connectivity index (χ2n) is 4.87. The average molecular weight is 228 g/mol. The minimum atomic E-state index is 0.905. The van der Waals surface area contributed by atoms with Crippen LogP contribution in [0, 0.1) is 12.2 Å². The maximum Gasteiger partial charge on any atom is 0.124 e. The van der Waals surface area contributed by atoms with Gasteiger partial charge in [0, 0.05) is 12.8 Å². The molecule has 0 saturated heterocycles. The van der Waals surface area contributed by atoms with Crippen LogP contribution in [-0.2, 0) is 4.74 Å². The Labute approximate surface area is 105 Å². The summed E-state index contributed by atoms with van der Waals surface area (Å²) in [5, 5.41) is 0. The van der Waals surface area contributed by atoms with Gasteiger partial charge in [-0.25, -0.2) is 0 Å². The number of rotatable bonds is 2. The molecule has 0 saturated carbocycles. The van der Waals surface area contributed by atoms with Crippen LogP contribution < -0.4 is 0 Å². The van der Waals surface area contributed by atoms with Crippen molar-refractivity contribution in [2.24, 2.45) is 0 Å². The zero-order valence-electron chi connectivity index (χ0n) is 11.1. The first-order valence-electron chi connectivity index (χ1n) is 6.16. The Hall–Kier alpha value is -1.08. The Bertz CT molecular complexity index is 381. The molecule has 0 spiro atoms. The van der Waals surface area contributed by atoms with Gasteiger partial charge in [0.25, 0.3) is 0 Å². The third kappa shape index (κ3) is 2.98. The van der Waals surface area contributed by atoms with Gasteiger partial charge in [-0.15, -0.1) is 0 Å². The lowest BCUT2D eigenvalue weighted by molar-refractivity contribution is 0.188. The molecule has 0 amide bonds. The Morgan fingerprint density at radius 1 is 0.706 bits per heavy atom. The van der Waals surface area contributed by atoms with E-state index in [4.69, 9.17) is 4.74 Å². The van der Waals surface area contributed by atoms with Gasteiger partial charge in [0.1, 0.15) is 12.2 Å². The molecule has 2 aliphatic carbocycles. The van der Waals surface area contributed by atoms with Gasteiger partial charge in [0.05, 0.1) is 0 Å². The monoisotopic (exact) mass is 228 g/mol. The van der Waals surface area contributed by atoms with E-state index in [1.54, 1.807) is 0 Å². The van der Waals surface area contributed by atoms with Crippen molar-refractivity contribution < 1.29 is 4.74 Å². The van der Waals surface area contributed by atoms with Crippen molar-refractivity contribution in [2.45, 2.75) is 40.5 Å². The largest absolute Gasteiger partial charge is 0.353 e. The number of allylic oxidation sites excluding steroid dienone is 4. The molecule has 0 aliphatic heterocycles. The van der Waals surface area contributed by atoms with Gasteiger partial charge < -0.3 is 4.74 Å². The fraction of sp³-hybridized carbons (Fsp3) is 0.375. The van der Waals surface area contributed by atoms with Crippen LogP contribution in [0.25, 0.3) is 0 Å². The molecule has 0 atom stereocenters. The van der Waals surface area contributed by atoms with Gasteiger partial charge in [-0.3, -0.25) is 0 Å². The van der Waals surface area contributed by atoms with Crippen molar-refractivity contribution in [3.05, 3.63) is 58.8 Å². The normalized spacial score (nSPS) is 22.8. The van der Waals surface area contributed by atoms with Crippen LogP contribution in [0.3, 0.4) is 0 Å². The van der Waals surface area contributed by atoms with Crippen LogP contribution in [0.5, 0.6) is 0 Å². The molecule has 0 bridgehead atoms. The van der Waals surface area contributed by atoms with Crippen LogP contribution in [0.15, 0.2) is 46.6 Å². The highest BCUT2D eigenvalue weighted by Gasteiger charge is 2.19. The smallest absolute Gasteiger partial charge is 0.124 e. The van der Waals surface area contributed by atoms with E-state index in [9.17, 15) is 0 Å². The van der Waals surface area contributed by atoms with E-state index < -0.39 is 0 Å². The minimum Gasteiger partial charge on any atom is -0.353 e. The fourth-order valence-corrected chi connectivity index (χ4v) is 1.97. The first-order chi connectivity index (χ1) is 8.06. The molecule has 2 aliphatic rings. The molecular formula is C16H20O. The third-order valence-corrected chi connectivity index (χ3v) is 3.48. The van der Waals surface area contributed by atoms with Crippen LogP contribution in [0.1, 0.15) is 40.5 Å². The Kier molecular flexibility index (Phi) is 3.68. The lowest BCUT2D eigenvalue weighted by atomic mass is 9.97. The van der Waals surface area contributed by atoms with Gasteiger partial charge in [-0.05, 0) is 51.0 Å². The van der Waals surface area contributed by atoms with Crippen LogP contribution in [0.2, 0.25) is 0 Å². The highest BCUT2D eigenvalue weighted by molar-refractivity contribution is 5.39. The van der Waals surface area contributed by atoms with Gasteiger partial charge in [0.2, 0.25) is 0 Å². The summed E-state index contributed by atoms with van der Waals surface area (Å²) >= 11 is 0. The van der Waals surface area contributed by atoms with Crippen molar-refractivity contribution in [2.75, 3.05) is 0 Å². The molecule has 90 valence electrons. The average Bonchev–Trinajstić information content (AvgIpc) is 2.29. The van der Waals surface area contributed by atoms with Gasteiger partial charge in [0.15, 0.2) is 0 Å². The van der Waals surface area contributed by atoms with E-state index in [2.05, 4.69) is 52.0 Å². The first-order valence-corrected chi connectivity index (χ1v) is 6.16. The van der Waals surface area contributed by atoms with Gasteiger partial charge >= 0.3 is 0 Å². The van der Waals surface area contributed by atoms with E-state index in [1.165, 1.54) is 22.3 Å². The summed E-state index contributed by atoms with van der Waals surface area (Å²) in [6, 6.07) is 0. The molecule has 1 nitrogen and oxygen atoms in total. The second kappa shape index (κ2) is 5.05. The van der Waals surface area contributed by atoms with E-state index >= 15 is 0 Å². The molecule has 0 N–H and O–H groups in total. The zero-order valence-corrected chi connectivity index (χ0v) is 11.1. The molecule has 17 heavy (non-hydrogen) atoms. The van der Waals surface area contributed by atoms with Crippen molar-refractivity contribution in [1.29, 1.82) is 0 Å². The molecule has 2 radical (unpaired) electrons. The van der Waals surface area contributed by atoms with Crippen LogP contribution in [0.4, 0.5) is 0 Å². The molecule has 1 heteroatoms. The van der Waals surface area contributed by atoms with Gasteiger partial charge in [-0.1, -0.05) is 23.3 Å². The van der Waals surface area contributed by atoms with Crippen molar-refractivity contribution in [3.63, 3.8) is 0 Å². The summed E-state index contributed by atoms with van der Waals surface area (Å²) in [5.41, 5.74) is 5.31. The fourth-order valence-electron chi connectivity index (χ4n) is 1.97. The maximum atomic E-state index is 5.96. The van der Waals surface area contributed by atoms with Gasteiger partial charge in [-0.2, -0.15) is 0 Å². The SMILES string of the molecule is CC1=CC[C](O[C]2C=C(C)C(C)=CC2)C=C1C. The summed E-state index contributed by atoms with van der Waals surface area (Å²) in [4.78, 5) is 0. The highest BCUT2D eigenvalue weighted by Crippen LogP contribution is 2.32. The van der Waals surface area contributed by atoms with E-state index in [0.717, 1.165) is 25.0 Å². The molecule has 0 aromatic heterocycles. The van der Waals surface area contributed by atoms with Crippen LogP contribution >= 0.6 is 0 Å². The Balaban J connectivity index is 1.97. The summed E-state index contributed by atoms with van der Waals surface area (Å²) < 4.78 is 5.96. The third-order valence-electron chi connectivity index (χ3n) is 3.48. The summed E-state index contributed by atoms with van der Waals surface area (Å²) in [6.45, 7) is 8.55. The van der Waals surface area contributed by atoms with E-state index in [-0.39, 0.29) is 0 Å². The number of ether oxygens (including phenoxy) is 1. The molecule has 0 fully saturated rings. The van der Waals surface area contributed by atoms with Crippen molar-refractivity contribution in [3.8, 4) is 0 Å². The lowest BCUT2D eigenvalue weighted by Crippen LogP contribution is -2.10. The summed E-state index contributed by atoms with van der Waals surface area (Å²) in [5.74, 6) is 0. The van der Waals surface area contributed by atoms with Crippen LogP contribution in [-0.4, -0.2) is 0 Å². The van der Waals surface area contributed by atoms with Crippen molar-refractivity contribution >= 4 is 0 Å². The number of hydrogen-bond donors (Lipinski definition) is 0. The second-order valence-corrected chi connectivity index (χ2v) is 4.87. The summed E-state index contributed by atoms with van der Waals surface area (Å²) in [6.07, 6.45) is 12.7. The molecule has 0 heterocycles. The topological polar surface area (TPSA) is 9.23 Å². The minimum absolute atomic E-state index is 0.905. The molecule has 0 unspecified atom stereocenters. The predicted molar refractivity (Wildman–Crippen MR) is 71.8 cm³/mol. The van der Waals surface area contributed by atoms with Crippen molar-refractivity contribution in [1.82, 2.24) is 0 Å². The van der Waals surface area contributed by atoms with E-state index in [1.807, 2.05) is 0 Å². The quantitative estimate of drug-likeness (QED) is 0.668. The molecule has 0 aromatic rings. The summed E-state index contributed by atoms with van der Waals surface area (Å²) in [7, 11) is 0. The lowest BCUT2D eigenvalue weighted by Gasteiger charge is -2.23. The highest BCUT2D eigenvalue weighted by atomic mass is 16.5. The zero-order chi connectivity index (χ0) is 12.4. The standard InChI is InChI=1S/C16H20O/c1-11-5-7-15(9-13(11)3)17-16-8-6-12(2)14(4)10-16/h5-6,9-10H,7-8H2,1-4H3. The molecule has 0 aromatic carbocycles. The Morgan fingerprint density at radius 3 is 1.47 bits per heavy atom. The molecular weight excluding hydrogens is 208 g/mol.